The fraction of sp³-hybridized carbons (Fsp3) is 0.292. The fourth-order valence-electron chi connectivity index (χ4n) is 3.36. The number of fused-ring (bicyclic) bond motifs is 3. The van der Waals surface area contributed by atoms with E-state index in [9.17, 15) is 18.0 Å². The summed E-state index contributed by atoms with van der Waals surface area (Å²) in [6.07, 6.45) is -0.141. The van der Waals surface area contributed by atoms with Crippen LogP contribution in [0.3, 0.4) is 0 Å². The Morgan fingerprint density at radius 3 is 2.71 bits per heavy atom. The first-order chi connectivity index (χ1) is 16.0. The monoisotopic (exact) mass is 473 g/mol. The molecule has 34 heavy (non-hydrogen) atoms. The Balaban J connectivity index is 1.87. The number of carbonyl (C=O) groups excluding carboxylic acids is 1. The van der Waals surface area contributed by atoms with E-state index in [1.165, 1.54) is 6.08 Å². The van der Waals surface area contributed by atoms with Gasteiger partial charge < -0.3 is 15.8 Å². The molecule has 1 atom stereocenters. The molecule has 2 aromatic heterocycles. The summed E-state index contributed by atoms with van der Waals surface area (Å²) in [5.41, 5.74) is 6.87. The molecule has 7 nitrogen and oxygen atoms in total. The number of ether oxygens (including phenoxy) is 1. The predicted octanol–water partition coefficient (Wildman–Crippen LogP) is 4.46. The van der Waals surface area contributed by atoms with Crippen LogP contribution in [0.1, 0.15) is 23.7 Å². The lowest BCUT2D eigenvalue weighted by atomic mass is 10.0. The highest BCUT2D eigenvalue weighted by atomic mass is 19.4. The number of nitrogens with zero attached hydrogens (tertiary/aromatic N) is 3. The van der Waals surface area contributed by atoms with Gasteiger partial charge in [-0.15, -0.1) is 0 Å². The molecule has 0 bridgehead atoms. The molecule has 0 aliphatic carbocycles. The van der Waals surface area contributed by atoms with Gasteiger partial charge in [0.25, 0.3) is 5.91 Å². The van der Waals surface area contributed by atoms with Crippen LogP contribution in [0.25, 0.3) is 21.8 Å². The van der Waals surface area contributed by atoms with Crippen LogP contribution in [0.15, 0.2) is 60.9 Å². The van der Waals surface area contributed by atoms with Crippen LogP contribution in [0.4, 0.5) is 19.0 Å². The van der Waals surface area contributed by atoms with E-state index in [4.69, 9.17) is 10.5 Å². The number of nitrogens with two attached hydrogens (primary N) is 1. The van der Waals surface area contributed by atoms with E-state index in [1.807, 2.05) is 6.92 Å². The summed E-state index contributed by atoms with van der Waals surface area (Å²) in [6.45, 7) is 9.23. The fourth-order valence-corrected chi connectivity index (χ4v) is 3.36. The minimum atomic E-state index is -4.55. The molecule has 0 aliphatic heterocycles. The van der Waals surface area contributed by atoms with Gasteiger partial charge in [0.15, 0.2) is 0 Å². The molecule has 0 saturated carbocycles. The lowest BCUT2D eigenvalue weighted by molar-refractivity contribution is -0.0878. The number of pyridine rings is 1. The van der Waals surface area contributed by atoms with Crippen molar-refractivity contribution in [1.82, 2.24) is 20.1 Å². The molecule has 0 unspecified atom stereocenters. The maximum Gasteiger partial charge on any atom is 0.415 e. The van der Waals surface area contributed by atoms with Gasteiger partial charge in [0.2, 0.25) is 0 Å². The van der Waals surface area contributed by atoms with Gasteiger partial charge in [-0.25, -0.2) is 4.98 Å². The average molecular weight is 473 g/mol. The van der Waals surface area contributed by atoms with Crippen molar-refractivity contribution in [2.45, 2.75) is 25.6 Å². The smallest absolute Gasteiger partial charge is 0.382 e. The largest absolute Gasteiger partial charge is 0.415 e. The molecule has 1 amide bonds. The van der Waals surface area contributed by atoms with Gasteiger partial charge in [-0.2, -0.15) is 18.3 Å². The lowest BCUT2D eigenvalue weighted by Gasteiger charge is -2.20. The lowest BCUT2D eigenvalue weighted by Crippen LogP contribution is -2.39. The number of hydrogen-bond acceptors (Lipinski definition) is 5. The Morgan fingerprint density at radius 2 is 2.03 bits per heavy atom. The van der Waals surface area contributed by atoms with Gasteiger partial charge >= 0.3 is 6.18 Å². The highest BCUT2D eigenvalue weighted by molar-refractivity contribution is 6.10. The number of nitrogens with one attached hydrogen (secondary N) is 1. The third-order valence-electron chi connectivity index (χ3n) is 5.22. The zero-order valence-electron chi connectivity index (χ0n) is 18.9. The van der Waals surface area contributed by atoms with E-state index >= 15 is 0 Å². The SMILES string of the molecule is C=C(/C=C\C(=C)C(F)(F)F)[C@@H](COCCC)NC(=O)c1ccc2nc(N)c3c(cnn3C)c2c1. The molecule has 180 valence electrons. The number of anilines is 1. The van der Waals surface area contributed by atoms with Crippen LogP contribution in [-0.4, -0.2) is 46.1 Å². The number of aryl methyl sites for hydroxylation is 1. The van der Waals surface area contributed by atoms with Crippen molar-refractivity contribution >= 4 is 33.5 Å². The number of nitrogen functional groups attached to an aromatic ring is 1. The molecule has 3 N–H and O–H groups in total. The van der Waals surface area contributed by atoms with Gasteiger partial charge in [0, 0.05) is 35.6 Å². The number of hydrogen-bond donors (Lipinski definition) is 2. The highest BCUT2D eigenvalue weighted by Crippen LogP contribution is 2.28. The van der Waals surface area contributed by atoms with Crippen LogP contribution in [-0.2, 0) is 11.8 Å². The molecule has 0 fully saturated rings. The third kappa shape index (κ3) is 5.45. The Labute approximate surface area is 194 Å². The molecular weight excluding hydrogens is 447 g/mol. The topological polar surface area (TPSA) is 95.1 Å². The number of benzene rings is 1. The number of aromatic nitrogens is 3. The Morgan fingerprint density at radius 1 is 1.29 bits per heavy atom. The second-order valence-corrected chi connectivity index (χ2v) is 7.79. The van der Waals surface area contributed by atoms with Crippen molar-refractivity contribution in [2.24, 2.45) is 7.05 Å². The molecule has 1 aromatic carbocycles. The second kappa shape index (κ2) is 10.1. The minimum Gasteiger partial charge on any atom is -0.382 e. The molecular formula is C24H26F3N5O2. The quantitative estimate of drug-likeness (QED) is 0.354. The van der Waals surface area contributed by atoms with Crippen LogP contribution in [0.2, 0.25) is 0 Å². The maximum absolute atomic E-state index is 13.0. The highest BCUT2D eigenvalue weighted by Gasteiger charge is 2.30. The Bertz CT molecular complexity index is 1280. The van der Waals surface area contributed by atoms with Crippen LogP contribution in [0.5, 0.6) is 0 Å². The van der Waals surface area contributed by atoms with Crippen LogP contribution < -0.4 is 11.1 Å². The van der Waals surface area contributed by atoms with Crippen molar-refractivity contribution in [3.63, 3.8) is 0 Å². The standard InChI is InChI=1S/C24H26F3N5O2/c1-5-10-34-13-20(14(2)6-7-15(3)24(25,26)27)31-23(33)16-8-9-19-17(11-16)18-12-29-32(4)21(18)22(28)30-19/h6-9,11-12,20H,2-3,5,10,13H2,1,4H3,(H2,28,30)(H,31,33)/b7-6-/t20-/m1/s1. The van der Waals surface area contributed by atoms with E-state index in [0.29, 0.717) is 34.4 Å². The number of amides is 1. The summed E-state index contributed by atoms with van der Waals surface area (Å²) in [5, 5.41) is 8.46. The molecule has 0 spiro atoms. The first kappa shape index (κ1) is 25.0. The number of carbonyl (C=O) groups is 1. The van der Waals surface area contributed by atoms with E-state index in [0.717, 1.165) is 17.9 Å². The summed E-state index contributed by atoms with van der Waals surface area (Å²) < 4.78 is 45.4. The Hall–Kier alpha value is -3.66. The van der Waals surface area contributed by atoms with Crippen LogP contribution >= 0.6 is 0 Å². The van der Waals surface area contributed by atoms with Crippen molar-refractivity contribution < 1.29 is 22.7 Å². The van der Waals surface area contributed by atoms with Gasteiger partial charge in [-0.3, -0.25) is 9.48 Å². The summed E-state index contributed by atoms with van der Waals surface area (Å²) >= 11 is 0. The van der Waals surface area contributed by atoms with Gasteiger partial charge in [0.05, 0.1) is 24.4 Å². The summed E-state index contributed by atoms with van der Waals surface area (Å²) in [6, 6.07) is 4.21. The summed E-state index contributed by atoms with van der Waals surface area (Å²) in [5.74, 6) is -0.110. The molecule has 3 aromatic rings. The summed E-state index contributed by atoms with van der Waals surface area (Å²) in [4.78, 5) is 17.4. The van der Waals surface area contributed by atoms with Crippen molar-refractivity contribution in [1.29, 1.82) is 0 Å². The van der Waals surface area contributed by atoms with Crippen molar-refractivity contribution in [3.8, 4) is 0 Å². The van der Waals surface area contributed by atoms with E-state index < -0.39 is 23.7 Å². The molecule has 3 rings (SSSR count). The van der Waals surface area contributed by atoms with E-state index in [1.54, 1.807) is 36.1 Å². The van der Waals surface area contributed by atoms with Gasteiger partial charge in [-0.05, 0) is 30.2 Å². The van der Waals surface area contributed by atoms with Crippen LogP contribution in [0, 0.1) is 0 Å². The number of allylic oxidation sites excluding steroid dienone is 2. The van der Waals surface area contributed by atoms with E-state index in [2.05, 4.69) is 28.6 Å². The van der Waals surface area contributed by atoms with E-state index in [-0.39, 0.29) is 12.2 Å². The average Bonchev–Trinajstić information content (AvgIpc) is 3.18. The number of rotatable bonds is 9. The first-order valence-corrected chi connectivity index (χ1v) is 10.6. The maximum atomic E-state index is 13.0. The number of alkyl halides is 3. The zero-order valence-corrected chi connectivity index (χ0v) is 18.9. The molecule has 0 saturated heterocycles. The van der Waals surface area contributed by atoms with Gasteiger partial charge in [0.1, 0.15) is 11.3 Å². The first-order valence-electron chi connectivity index (χ1n) is 10.6. The third-order valence-corrected chi connectivity index (χ3v) is 5.22. The summed E-state index contributed by atoms with van der Waals surface area (Å²) in [7, 11) is 1.75. The van der Waals surface area contributed by atoms with Gasteiger partial charge in [-0.1, -0.05) is 32.2 Å². The molecule has 2 heterocycles. The normalized spacial score (nSPS) is 13.0. The Kier molecular flexibility index (Phi) is 7.41. The molecule has 0 aliphatic rings. The zero-order chi connectivity index (χ0) is 25.0. The predicted molar refractivity (Wildman–Crippen MR) is 126 cm³/mol. The molecule has 0 radical (unpaired) electrons. The van der Waals surface area contributed by atoms with Crippen molar-refractivity contribution in [2.75, 3.05) is 18.9 Å². The number of halogens is 3. The minimum absolute atomic E-state index is 0.0553. The molecule has 10 heteroatoms. The van der Waals surface area contributed by atoms with Crippen molar-refractivity contribution in [3.05, 3.63) is 66.4 Å². The second-order valence-electron chi connectivity index (χ2n) is 7.79.